The number of rotatable bonds is 1. The van der Waals surface area contributed by atoms with E-state index in [1.807, 2.05) is 0 Å². The lowest BCUT2D eigenvalue weighted by atomic mass is 10.1. The van der Waals surface area contributed by atoms with Gasteiger partial charge in [-0.3, -0.25) is 0 Å². The normalized spacial score (nSPS) is 11.7. The molecule has 1 aromatic rings. The first-order chi connectivity index (χ1) is 5.63. The summed E-state index contributed by atoms with van der Waals surface area (Å²) >= 11 is 0. The predicted molar refractivity (Wildman–Crippen MR) is 46.0 cm³/mol. The predicted octanol–water partition coefficient (Wildman–Crippen LogP) is 0.713. The maximum Gasteiger partial charge on any atom is 0.150 e. The van der Waals surface area contributed by atoms with Gasteiger partial charge in [0.25, 0.3) is 0 Å². The van der Waals surface area contributed by atoms with Crippen LogP contribution in [0.1, 0.15) is 11.1 Å². The SMILES string of the molecule is Cc1cc(F)cc(/C(N)=N/N)c1. The van der Waals surface area contributed by atoms with E-state index in [4.69, 9.17) is 11.6 Å². The van der Waals surface area contributed by atoms with Crippen molar-refractivity contribution in [3.63, 3.8) is 0 Å². The van der Waals surface area contributed by atoms with Crippen LogP contribution in [0.25, 0.3) is 0 Å². The minimum atomic E-state index is -0.336. The first kappa shape index (κ1) is 8.52. The molecule has 0 saturated carbocycles. The zero-order chi connectivity index (χ0) is 9.14. The van der Waals surface area contributed by atoms with Crippen LogP contribution in [-0.2, 0) is 0 Å². The second-order valence-electron chi connectivity index (χ2n) is 2.53. The number of amidine groups is 1. The van der Waals surface area contributed by atoms with Crippen LogP contribution in [0.4, 0.5) is 4.39 Å². The summed E-state index contributed by atoms with van der Waals surface area (Å²) in [5, 5.41) is 3.27. The molecule has 3 nitrogen and oxygen atoms in total. The van der Waals surface area contributed by atoms with E-state index in [0.29, 0.717) is 5.56 Å². The number of hydrogen-bond acceptors (Lipinski definition) is 2. The maximum atomic E-state index is 12.8. The van der Waals surface area contributed by atoms with E-state index in [9.17, 15) is 4.39 Å². The van der Waals surface area contributed by atoms with E-state index >= 15 is 0 Å². The Morgan fingerprint density at radius 2 is 2.08 bits per heavy atom. The number of nitrogens with two attached hydrogens (primary N) is 2. The highest BCUT2D eigenvalue weighted by molar-refractivity contribution is 5.97. The highest BCUT2D eigenvalue weighted by atomic mass is 19.1. The number of halogens is 1. The van der Waals surface area contributed by atoms with Gasteiger partial charge in [0.2, 0.25) is 0 Å². The second-order valence-corrected chi connectivity index (χ2v) is 2.53. The molecule has 12 heavy (non-hydrogen) atoms. The van der Waals surface area contributed by atoms with E-state index in [2.05, 4.69) is 5.10 Å². The van der Waals surface area contributed by atoms with Crippen molar-refractivity contribution in [3.05, 3.63) is 35.1 Å². The van der Waals surface area contributed by atoms with Crippen LogP contribution < -0.4 is 11.6 Å². The van der Waals surface area contributed by atoms with Crippen molar-refractivity contribution in [2.45, 2.75) is 6.92 Å². The summed E-state index contributed by atoms with van der Waals surface area (Å²) in [6, 6.07) is 4.42. The van der Waals surface area contributed by atoms with Crippen LogP contribution in [0.5, 0.6) is 0 Å². The largest absolute Gasteiger partial charge is 0.382 e. The fourth-order valence-corrected chi connectivity index (χ4v) is 0.959. The van der Waals surface area contributed by atoms with Gasteiger partial charge in [-0.15, -0.1) is 0 Å². The van der Waals surface area contributed by atoms with Gasteiger partial charge in [0.1, 0.15) is 11.7 Å². The summed E-state index contributed by atoms with van der Waals surface area (Å²) in [6.45, 7) is 1.77. The van der Waals surface area contributed by atoms with Gasteiger partial charge in [-0.2, -0.15) is 5.10 Å². The van der Waals surface area contributed by atoms with Gasteiger partial charge in [0.15, 0.2) is 0 Å². The third-order valence-corrected chi connectivity index (χ3v) is 1.48. The molecule has 1 rings (SSSR count). The number of hydrogen-bond donors (Lipinski definition) is 2. The van der Waals surface area contributed by atoms with Crippen LogP contribution >= 0.6 is 0 Å². The van der Waals surface area contributed by atoms with E-state index in [-0.39, 0.29) is 11.7 Å². The minimum absolute atomic E-state index is 0.137. The molecule has 4 N–H and O–H groups in total. The molecule has 0 heterocycles. The summed E-state index contributed by atoms with van der Waals surface area (Å²) in [4.78, 5) is 0. The number of benzene rings is 1. The van der Waals surface area contributed by atoms with Gasteiger partial charge < -0.3 is 11.6 Å². The zero-order valence-electron chi connectivity index (χ0n) is 6.71. The van der Waals surface area contributed by atoms with Crippen molar-refractivity contribution in [1.29, 1.82) is 0 Å². The Labute approximate surface area is 69.9 Å². The molecule has 0 aliphatic carbocycles. The van der Waals surface area contributed by atoms with Gasteiger partial charge in [-0.25, -0.2) is 4.39 Å². The number of nitrogens with zero attached hydrogens (tertiary/aromatic N) is 1. The van der Waals surface area contributed by atoms with Crippen molar-refractivity contribution in [2.75, 3.05) is 0 Å². The first-order valence-corrected chi connectivity index (χ1v) is 3.44. The van der Waals surface area contributed by atoms with E-state index in [1.54, 1.807) is 13.0 Å². The molecule has 0 unspecified atom stereocenters. The summed E-state index contributed by atoms with van der Waals surface area (Å²) < 4.78 is 12.8. The fourth-order valence-electron chi connectivity index (χ4n) is 0.959. The van der Waals surface area contributed by atoms with Gasteiger partial charge in [-0.1, -0.05) is 0 Å². The van der Waals surface area contributed by atoms with Crippen molar-refractivity contribution >= 4 is 5.84 Å². The molecule has 0 aliphatic heterocycles. The Hall–Kier alpha value is -1.58. The summed E-state index contributed by atoms with van der Waals surface area (Å²) in [5.74, 6) is 4.74. The van der Waals surface area contributed by atoms with E-state index in [0.717, 1.165) is 5.56 Å². The van der Waals surface area contributed by atoms with Gasteiger partial charge >= 0.3 is 0 Å². The number of aryl methyl sites for hydroxylation is 1. The molecule has 64 valence electrons. The summed E-state index contributed by atoms with van der Waals surface area (Å²) in [6.07, 6.45) is 0. The molecular weight excluding hydrogens is 157 g/mol. The average molecular weight is 167 g/mol. The Bertz CT molecular complexity index is 300. The van der Waals surface area contributed by atoms with Crippen LogP contribution in [0.2, 0.25) is 0 Å². The third kappa shape index (κ3) is 1.72. The van der Waals surface area contributed by atoms with Crippen molar-refractivity contribution in [1.82, 2.24) is 0 Å². The highest BCUT2D eigenvalue weighted by Gasteiger charge is 2.00. The van der Waals surface area contributed by atoms with Gasteiger partial charge in [0, 0.05) is 5.56 Å². The van der Waals surface area contributed by atoms with Crippen molar-refractivity contribution in [3.8, 4) is 0 Å². The molecule has 0 spiro atoms. The smallest absolute Gasteiger partial charge is 0.150 e. The molecule has 0 aromatic heterocycles. The van der Waals surface area contributed by atoms with Crippen molar-refractivity contribution < 1.29 is 4.39 Å². The Morgan fingerprint density at radius 3 is 2.58 bits per heavy atom. The highest BCUT2D eigenvalue weighted by Crippen LogP contribution is 2.07. The molecule has 0 fully saturated rings. The van der Waals surface area contributed by atoms with Gasteiger partial charge in [0.05, 0.1) is 0 Å². The standard InChI is InChI=1S/C8H10FN3/c1-5-2-6(8(10)12-11)4-7(9)3-5/h2-4H,11H2,1H3,(H2,10,12). The molecular formula is C8H10FN3. The van der Waals surface area contributed by atoms with Crippen LogP contribution in [0, 0.1) is 12.7 Å². The Morgan fingerprint density at radius 1 is 1.42 bits per heavy atom. The zero-order valence-corrected chi connectivity index (χ0v) is 6.71. The Kier molecular flexibility index (Phi) is 2.28. The lowest BCUT2D eigenvalue weighted by molar-refractivity contribution is 0.626. The number of hydrazone groups is 1. The van der Waals surface area contributed by atoms with Crippen LogP contribution in [0.15, 0.2) is 23.3 Å². The van der Waals surface area contributed by atoms with Crippen molar-refractivity contribution in [2.24, 2.45) is 16.7 Å². The topological polar surface area (TPSA) is 64.4 Å². The Balaban J connectivity index is 3.17. The first-order valence-electron chi connectivity index (χ1n) is 3.44. The maximum absolute atomic E-state index is 12.8. The molecule has 1 aromatic carbocycles. The van der Waals surface area contributed by atoms with Crippen LogP contribution in [-0.4, -0.2) is 5.84 Å². The fraction of sp³-hybridized carbons (Fsp3) is 0.125. The second kappa shape index (κ2) is 3.21. The lowest BCUT2D eigenvalue weighted by Gasteiger charge is -2.00. The summed E-state index contributed by atoms with van der Waals surface area (Å²) in [5.41, 5.74) is 6.69. The van der Waals surface area contributed by atoms with Crippen LogP contribution in [0.3, 0.4) is 0 Å². The van der Waals surface area contributed by atoms with E-state index < -0.39 is 0 Å². The molecule has 0 atom stereocenters. The van der Waals surface area contributed by atoms with Gasteiger partial charge in [-0.05, 0) is 30.7 Å². The molecule has 0 saturated heterocycles. The summed E-state index contributed by atoms with van der Waals surface area (Å²) in [7, 11) is 0. The third-order valence-electron chi connectivity index (χ3n) is 1.48. The average Bonchev–Trinajstić information content (AvgIpc) is 2.01. The van der Waals surface area contributed by atoms with E-state index in [1.165, 1.54) is 12.1 Å². The molecule has 4 heteroatoms. The molecule has 0 amide bonds. The molecule has 0 bridgehead atoms. The quantitative estimate of drug-likeness (QED) is 0.280. The molecule has 0 aliphatic rings. The lowest BCUT2D eigenvalue weighted by Crippen LogP contribution is -2.15. The minimum Gasteiger partial charge on any atom is -0.382 e. The molecule has 0 radical (unpaired) electrons. The monoisotopic (exact) mass is 167 g/mol.